The fourth-order valence-electron chi connectivity index (χ4n) is 2.08. The van der Waals surface area contributed by atoms with Crippen LogP contribution in [0.2, 0.25) is 0 Å². The molecule has 0 aromatic heterocycles. The number of rotatable bonds is 6. The van der Waals surface area contributed by atoms with E-state index in [1.54, 1.807) is 0 Å². The first-order chi connectivity index (χ1) is 9.27. The van der Waals surface area contributed by atoms with E-state index in [1.165, 1.54) is 17.3 Å². The van der Waals surface area contributed by atoms with E-state index in [9.17, 15) is 9.90 Å². The first-order valence-corrected chi connectivity index (χ1v) is 8.65. The maximum atomic E-state index is 11.3. The van der Waals surface area contributed by atoms with Gasteiger partial charge in [0, 0.05) is 35.6 Å². The molecule has 1 heterocycles. The Balaban J connectivity index is 1.82. The molecule has 0 spiro atoms. The zero-order chi connectivity index (χ0) is 13.5. The molecule has 1 saturated heterocycles. The third-order valence-corrected chi connectivity index (χ3v) is 5.95. The molecule has 19 heavy (non-hydrogen) atoms. The van der Waals surface area contributed by atoms with Gasteiger partial charge in [0.25, 0.3) is 0 Å². The van der Waals surface area contributed by atoms with E-state index in [1.807, 2.05) is 53.9 Å². The zero-order valence-electron chi connectivity index (χ0n) is 10.7. The summed E-state index contributed by atoms with van der Waals surface area (Å²) in [5.74, 6) is 2.40. The monoisotopic (exact) mass is 297 g/mol. The highest BCUT2D eigenvalue weighted by Gasteiger charge is 2.20. The summed E-state index contributed by atoms with van der Waals surface area (Å²) in [6, 6.07) is 9.45. The number of carboxylic acid groups (broad SMARTS) is 1. The molecule has 104 valence electrons. The van der Waals surface area contributed by atoms with Gasteiger partial charge in [-0.3, -0.25) is 4.79 Å². The van der Waals surface area contributed by atoms with Crippen molar-refractivity contribution in [3.63, 3.8) is 0 Å². The van der Waals surface area contributed by atoms with E-state index in [-0.39, 0.29) is 0 Å². The molecule has 1 aromatic rings. The highest BCUT2D eigenvalue weighted by atomic mass is 32.2. The summed E-state index contributed by atoms with van der Waals surface area (Å²) in [6.07, 6.45) is 0. The van der Waals surface area contributed by atoms with E-state index in [4.69, 9.17) is 0 Å². The van der Waals surface area contributed by atoms with Crippen molar-refractivity contribution in [2.75, 3.05) is 30.3 Å². The zero-order valence-corrected chi connectivity index (χ0v) is 12.4. The minimum Gasteiger partial charge on any atom is -0.481 e. The Hall–Kier alpha value is -0.650. The average molecular weight is 297 g/mol. The molecule has 1 aliphatic rings. The van der Waals surface area contributed by atoms with Gasteiger partial charge in [0.1, 0.15) is 0 Å². The smallest absolute Gasteiger partial charge is 0.312 e. The molecule has 0 bridgehead atoms. The maximum Gasteiger partial charge on any atom is 0.312 e. The normalized spacial score (nSPS) is 20.9. The van der Waals surface area contributed by atoms with Crippen molar-refractivity contribution < 1.29 is 9.90 Å². The van der Waals surface area contributed by atoms with Gasteiger partial charge in [-0.2, -0.15) is 23.5 Å². The molecule has 1 aromatic carbocycles. The molecule has 1 fully saturated rings. The largest absolute Gasteiger partial charge is 0.481 e. The Morgan fingerprint density at radius 2 is 2.16 bits per heavy atom. The molecule has 2 unspecified atom stereocenters. The van der Waals surface area contributed by atoms with Gasteiger partial charge in [-0.15, -0.1) is 0 Å². The van der Waals surface area contributed by atoms with Crippen LogP contribution in [0.25, 0.3) is 0 Å². The summed E-state index contributed by atoms with van der Waals surface area (Å²) >= 11 is 3.98. The van der Waals surface area contributed by atoms with E-state index < -0.39 is 11.9 Å². The predicted octanol–water partition coefficient (Wildman–Crippen LogP) is 2.29. The Kier molecular flexibility index (Phi) is 6.07. The van der Waals surface area contributed by atoms with Gasteiger partial charge in [-0.05, 0) is 5.56 Å². The van der Waals surface area contributed by atoms with Crippen molar-refractivity contribution in [1.29, 1.82) is 0 Å². The van der Waals surface area contributed by atoms with Crippen molar-refractivity contribution in [2.45, 2.75) is 11.2 Å². The SMILES string of the molecule is O=C(O)C(CNCC1CSCCS1)c1ccccc1. The number of carbonyl (C=O) groups is 1. The highest BCUT2D eigenvalue weighted by Crippen LogP contribution is 2.23. The number of hydrogen-bond acceptors (Lipinski definition) is 4. The van der Waals surface area contributed by atoms with Crippen LogP contribution in [-0.2, 0) is 4.79 Å². The van der Waals surface area contributed by atoms with Crippen LogP contribution in [0.4, 0.5) is 0 Å². The summed E-state index contributed by atoms with van der Waals surface area (Å²) in [5, 5.41) is 13.2. The Labute approximate surface area is 122 Å². The van der Waals surface area contributed by atoms with E-state index >= 15 is 0 Å². The van der Waals surface area contributed by atoms with Gasteiger partial charge in [0.05, 0.1) is 5.92 Å². The van der Waals surface area contributed by atoms with Crippen molar-refractivity contribution in [1.82, 2.24) is 5.32 Å². The van der Waals surface area contributed by atoms with E-state index in [0.29, 0.717) is 11.8 Å². The summed E-state index contributed by atoms with van der Waals surface area (Å²) in [4.78, 5) is 11.3. The van der Waals surface area contributed by atoms with Crippen molar-refractivity contribution in [2.24, 2.45) is 0 Å². The Bertz CT molecular complexity index is 394. The summed E-state index contributed by atoms with van der Waals surface area (Å²) in [6.45, 7) is 1.40. The van der Waals surface area contributed by atoms with Gasteiger partial charge in [0.15, 0.2) is 0 Å². The second-order valence-corrected chi connectivity index (χ2v) is 7.09. The Morgan fingerprint density at radius 3 is 2.79 bits per heavy atom. The number of hydrogen-bond donors (Lipinski definition) is 2. The van der Waals surface area contributed by atoms with Crippen molar-refractivity contribution >= 4 is 29.5 Å². The van der Waals surface area contributed by atoms with Crippen LogP contribution in [0.15, 0.2) is 30.3 Å². The molecule has 2 N–H and O–H groups in total. The number of nitrogens with one attached hydrogen (secondary N) is 1. The third kappa shape index (κ3) is 4.75. The molecule has 0 radical (unpaired) electrons. The van der Waals surface area contributed by atoms with Gasteiger partial charge in [0.2, 0.25) is 0 Å². The quantitative estimate of drug-likeness (QED) is 0.844. The lowest BCUT2D eigenvalue weighted by Crippen LogP contribution is -2.33. The second-order valence-electron chi connectivity index (χ2n) is 4.53. The van der Waals surface area contributed by atoms with Crippen molar-refractivity contribution in [3.05, 3.63) is 35.9 Å². The fourth-order valence-corrected chi connectivity index (χ4v) is 4.72. The lowest BCUT2D eigenvalue weighted by molar-refractivity contribution is -0.138. The van der Waals surface area contributed by atoms with Crippen molar-refractivity contribution in [3.8, 4) is 0 Å². The van der Waals surface area contributed by atoms with Crippen LogP contribution in [0.1, 0.15) is 11.5 Å². The first kappa shape index (κ1) is 14.8. The average Bonchev–Trinajstić information content (AvgIpc) is 2.45. The fraction of sp³-hybridized carbons (Fsp3) is 0.500. The molecule has 0 amide bonds. The second kappa shape index (κ2) is 7.82. The minimum absolute atomic E-state index is 0.456. The first-order valence-electron chi connectivity index (χ1n) is 6.45. The molecule has 3 nitrogen and oxygen atoms in total. The van der Waals surface area contributed by atoms with E-state index in [2.05, 4.69) is 5.32 Å². The van der Waals surface area contributed by atoms with Crippen LogP contribution in [0.5, 0.6) is 0 Å². The molecule has 1 aliphatic heterocycles. The molecule has 2 atom stereocenters. The standard InChI is InChI=1S/C14H19NO2S2/c16-14(17)13(11-4-2-1-3-5-11)9-15-8-12-10-18-6-7-19-12/h1-5,12-13,15H,6-10H2,(H,16,17). The Morgan fingerprint density at radius 1 is 1.37 bits per heavy atom. The summed E-state index contributed by atoms with van der Waals surface area (Å²) < 4.78 is 0. The predicted molar refractivity (Wildman–Crippen MR) is 83.3 cm³/mol. The number of thioether (sulfide) groups is 2. The van der Waals surface area contributed by atoms with Gasteiger partial charge < -0.3 is 10.4 Å². The number of aliphatic carboxylic acids is 1. The molecular weight excluding hydrogens is 278 g/mol. The molecule has 0 aliphatic carbocycles. The van der Waals surface area contributed by atoms with Gasteiger partial charge in [-0.25, -0.2) is 0 Å². The lowest BCUT2D eigenvalue weighted by Gasteiger charge is -2.22. The molecular formula is C14H19NO2S2. The summed E-state index contributed by atoms with van der Waals surface area (Å²) in [5.41, 5.74) is 0.869. The van der Waals surface area contributed by atoms with Crippen LogP contribution < -0.4 is 5.32 Å². The topological polar surface area (TPSA) is 49.3 Å². The van der Waals surface area contributed by atoms with Crippen LogP contribution in [0.3, 0.4) is 0 Å². The van der Waals surface area contributed by atoms with E-state index in [0.717, 1.165) is 12.1 Å². The summed E-state index contributed by atoms with van der Waals surface area (Å²) in [7, 11) is 0. The van der Waals surface area contributed by atoms with Crippen LogP contribution >= 0.6 is 23.5 Å². The molecule has 5 heteroatoms. The third-order valence-electron chi connectivity index (χ3n) is 3.11. The molecule has 0 saturated carbocycles. The highest BCUT2D eigenvalue weighted by molar-refractivity contribution is 8.06. The number of carboxylic acids is 1. The minimum atomic E-state index is -0.760. The molecule has 2 rings (SSSR count). The number of benzene rings is 1. The van der Waals surface area contributed by atoms with Gasteiger partial charge in [-0.1, -0.05) is 30.3 Å². The lowest BCUT2D eigenvalue weighted by atomic mass is 9.99. The van der Waals surface area contributed by atoms with Crippen LogP contribution in [-0.4, -0.2) is 46.7 Å². The van der Waals surface area contributed by atoms with Gasteiger partial charge >= 0.3 is 5.97 Å². The maximum absolute atomic E-state index is 11.3. The van der Waals surface area contributed by atoms with Crippen LogP contribution in [0, 0.1) is 0 Å².